The van der Waals surface area contributed by atoms with Crippen LogP contribution in [0.5, 0.6) is 0 Å². The number of hydrogen-bond donors (Lipinski definition) is 2. The standard InChI is InChI=1S/C9H11F2NO/c1-5(12)9(13)7-4-6(10)2-3-8(7)11/h2-5,9,13H,12H2,1H3/t5-,9-/m0/s1. The Labute approximate surface area is 75.0 Å². The summed E-state index contributed by atoms with van der Waals surface area (Å²) in [6, 6.07) is 2.28. The van der Waals surface area contributed by atoms with Crippen molar-refractivity contribution in [1.29, 1.82) is 0 Å². The second-order valence-electron chi connectivity index (χ2n) is 2.97. The van der Waals surface area contributed by atoms with Crippen molar-refractivity contribution in [3.05, 3.63) is 35.4 Å². The highest BCUT2D eigenvalue weighted by Crippen LogP contribution is 2.19. The quantitative estimate of drug-likeness (QED) is 0.734. The molecule has 0 heterocycles. The van der Waals surface area contributed by atoms with Crippen LogP contribution in [0.1, 0.15) is 18.6 Å². The highest BCUT2D eigenvalue weighted by Gasteiger charge is 2.17. The van der Waals surface area contributed by atoms with Gasteiger partial charge in [-0.15, -0.1) is 0 Å². The van der Waals surface area contributed by atoms with Gasteiger partial charge >= 0.3 is 0 Å². The molecule has 3 N–H and O–H groups in total. The van der Waals surface area contributed by atoms with Gasteiger partial charge in [0, 0.05) is 11.6 Å². The third-order valence-corrected chi connectivity index (χ3v) is 1.77. The van der Waals surface area contributed by atoms with Gasteiger partial charge in [0.25, 0.3) is 0 Å². The summed E-state index contributed by atoms with van der Waals surface area (Å²) >= 11 is 0. The molecule has 0 saturated carbocycles. The van der Waals surface area contributed by atoms with Crippen LogP contribution in [0.25, 0.3) is 0 Å². The van der Waals surface area contributed by atoms with Crippen LogP contribution in [0.2, 0.25) is 0 Å². The Kier molecular flexibility index (Phi) is 2.95. The zero-order chi connectivity index (χ0) is 10.0. The van der Waals surface area contributed by atoms with Crippen molar-refractivity contribution >= 4 is 0 Å². The van der Waals surface area contributed by atoms with Gasteiger partial charge in [0.15, 0.2) is 0 Å². The molecular formula is C9H11F2NO. The summed E-state index contributed by atoms with van der Waals surface area (Å²) in [5.74, 6) is -1.23. The molecule has 0 fully saturated rings. The first-order chi connectivity index (χ1) is 6.02. The monoisotopic (exact) mass is 187 g/mol. The van der Waals surface area contributed by atoms with Crippen LogP contribution in [0.4, 0.5) is 8.78 Å². The topological polar surface area (TPSA) is 46.2 Å². The van der Waals surface area contributed by atoms with Crippen LogP contribution in [0.15, 0.2) is 18.2 Å². The molecule has 0 radical (unpaired) electrons. The molecule has 0 aliphatic heterocycles. The molecule has 0 bridgehead atoms. The van der Waals surface area contributed by atoms with Crippen molar-refractivity contribution in [2.24, 2.45) is 5.73 Å². The van der Waals surface area contributed by atoms with Crippen LogP contribution in [-0.2, 0) is 0 Å². The average Bonchev–Trinajstić information content (AvgIpc) is 2.08. The van der Waals surface area contributed by atoms with Crippen molar-refractivity contribution in [2.75, 3.05) is 0 Å². The molecule has 72 valence electrons. The Morgan fingerprint density at radius 2 is 2.00 bits per heavy atom. The number of rotatable bonds is 2. The molecule has 0 spiro atoms. The molecule has 1 aromatic carbocycles. The van der Waals surface area contributed by atoms with Gasteiger partial charge in [-0.2, -0.15) is 0 Å². The largest absolute Gasteiger partial charge is 0.387 e. The van der Waals surface area contributed by atoms with E-state index < -0.39 is 23.8 Å². The highest BCUT2D eigenvalue weighted by atomic mass is 19.1. The zero-order valence-corrected chi connectivity index (χ0v) is 7.17. The first-order valence-corrected chi connectivity index (χ1v) is 3.91. The third-order valence-electron chi connectivity index (χ3n) is 1.77. The lowest BCUT2D eigenvalue weighted by Crippen LogP contribution is -2.25. The molecular weight excluding hydrogens is 176 g/mol. The van der Waals surface area contributed by atoms with E-state index in [9.17, 15) is 13.9 Å². The maximum absolute atomic E-state index is 13.0. The molecule has 13 heavy (non-hydrogen) atoms. The van der Waals surface area contributed by atoms with Crippen molar-refractivity contribution in [2.45, 2.75) is 19.1 Å². The van der Waals surface area contributed by atoms with Crippen molar-refractivity contribution < 1.29 is 13.9 Å². The second kappa shape index (κ2) is 3.81. The van der Waals surface area contributed by atoms with Gasteiger partial charge in [0.2, 0.25) is 0 Å². The molecule has 2 atom stereocenters. The van der Waals surface area contributed by atoms with E-state index in [-0.39, 0.29) is 5.56 Å². The van der Waals surface area contributed by atoms with Crippen LogP contribution in [0.3, 0.4) is 0 Å². The van der Waals surface area contributed by atoms with Gasteiger partial charge < -0.3 is 10.8 Å². The SMILES string of the molecule is C[C@H](N)[C@H](O)c1cc(F)ccc1F. The summed E-state index contributed by atoms with van der Waals surface area (Å²) in [5.41, 5.74) is 5.25. The van der Waals surface area contributed by atoms with Gasteiger partial charge in [-0.25, -0.2) is 8.78 Å². The Hall–Kier alpha value is -1.00. The maximum atomic E-state index is 13.0. The average molecular weight is 187 g/mol. The van der Waals surface area contributed by atoms with Crippen LogP contribution in [-0.4, -0.2) is 11.1 Å². The second-order valence-corrected chi connectivity index (χ2v) is 2.97. The van der Waals surface area contributed by atoms with E-state index in [0.29, 0.717) is 0 Å². The number of hydrogen-bond acceptors (Lipinski definition) is 2. The summed E-state index contributed by atoms with van der Waals surface area (Å²) in [5, 5.41) is 9.37. The van der Waals surface area contributed by atoms with Gasteiger partial charge in [0.1, 0.15) is 11.6 Å². The summed E-state index contributed by atoms with van der Waals surface area (Å²) in [7, 11) is 0. The summed E-state index contributed by atoms with van der Waals surface area (Å²) in [6.45, 7) is 1.52. The Morgan fingerprint density at radius 1 is 1.38 bits per heavy atom. The van der Waals surface area contributed by atoms with Crippen molar-refractivity contribution in [3.8, 4) is 0 Å². The molecule has 0 saturated heterocycles. The normalized spacial score (nSPS) is 15.5. The lowest BCUT2D eigenvalue weighted by atomic mass is 10.0. The van der Waals surface area contributed by atoms with Gasteiger partial charge in [0.05, 0.1) is 6.10 Å². The van der Waals surface area contributed by atoms with Crippen LogP contribution in [0, 0.1) is 11.6 Å². The third kappa shape index (κ3) is 2.23. The Bertz CT molecular complexity index is 302. The van der Waals surface area contributed by atoms with Gasteiger partial charge in [-0.3, -0.25) is 0 Å². The predicted molar refractivity (Wildman–Crippen MR) is 45.0 cm³/mol. The highest BCUT2D eigenvalue weighted by molar-refractivity contribution is 5.21. The maximum Gasteiger partial charge on any atom is 0.129 e. The summed E-state index contributed by atoms with van der Waals surface area (Å²) in [4.78, 5) is 0. The Morgan fingerprint density at radius 3 is 2.54 bits per heavy atom. The molecule has 0 aromatic heterocycles. The minimum absolute atomic E-state index is 0.102. The fourth-order valence-electron chi connectivity index (χ4n) is 1.02. The molecule has 1 aromatic rings. The fourth-order valence-corrected chi connectivity index (χ4v) is 1.02. The van der Waals surface area contributed by atoms with Crippen molar-refractivity contribution in [1.82, 2.24) is 0 Å². The molecule has 2 nitrogen and oxygen atoms in total. The molecule has 0 aliphatic carbocycles. The number of halogens is 2. The minimum Gasteiger partial charge on any atom is -0.387 e. The fraction of sp³-hybridized carbons (Fsp3) is 0.333. The Balaban J connectivity index is 3.05. The van der Waals surface area contributed by atoms with E-state index in [1.807, 2.05) is 0 Å². The number of aliphatic hydroxyl groups is 1. The van der Waals surface area contributed by atoms with Crippen molar-refractivity contribution in [3.63, 3.8) is 0 Å². The first-order valence-electron chi connectivity index (χ1n) is 3.91. The predicted octanol–water partition coefficient (Wildman–Crippen LogP) is 1.35. The van der Waals surface area contributed by atoms with E-state index in [0.717, 1.165) is 18.2 Å². The van der Waals surface area contributed by atoms with Crippen LogP contribution >= 0.6 is 0 Å². The molecule has 0 unspecified atom stereocenters. The summed E-state index contributed by atoms with van der Waals surface area (Å²) in [6.07, 6.45) is -1.17. The lowest BCUT2D eigenvalue weighted by molar-refractivity contribution is 0.148. The van der Waals surface area contributed by atoms with E-state index in [1.165, 1.54) is 6.92 Å². The van der Waals surface area contributed by atoms with Crippen LogP contribution < -0.4 is 5.73 Å². The van der Waals surface area contributed by atoms with E-state index in [1.54, 1.807) is 0 Å². The number of aliphatic hydroxyl groups excluding tert-OH is 1. The number of benzene rings is 1. The summed E-state index contributed by atoms with van der Waals surface area (Å²) < 4.78 is 25.7. The number of nitrogens with two attached hydrogens (primary N) is 1. The first kappa shape index (κ1) is 10.1. The lowest BCUT2D eigenvalue weighted by Gasteiger charge is -2.15. The zero-order valence-electron chi connectivity index (χ0n) is 7.17. The van der Waals surface area contributed by atoms with E-state index in [4.69, 9.17) is 5.73 Å². The minimum atomic E-state index is -1.17. The van der Waals surface area contributed by atoms with E-state index >= 15 is 0 Å². The van der Waals surface area contributed by atoms with Gasteiger partial charge in [-0.1, -0.05) is 0 Å². The molecule has 4 heteroatoms. The van der Waals surface area contributed by atoms with E-state index in [2.05, 4.69) is 0 Å². The molecule has 0 amide bonds. The smallest absolute Gasteiger partial charge is 0.129 e. The van der Waals surface area contributed by atoms with Gasteiger partial charge in [-0.05, 0) is 25.1 Å². The molecule has 0 aliphatic rings. The molecule has 1 rings (SSSR count).